The zero-order chi connectivity index (χ0) is 20.2. The van der Waals surface area contributed by atoms with Crippen molar-refractivity contribution < 1.29 is 9.53 Å². The first-order valence-corrected chi connectivity index (χ1v) is 10.1. The number of carbonyl (C=O) groups excluding carboxylic acids is 1. The molecule has 1 amide bonds. The normalized spacial score (nSPS) is 15.6. The van der Waals surface area contributed by atoms with Crippen LogP contribution >= 0.6 is 0 Å². The minimum Gasteiger partial charge on any atom is -0.493 e. The summed E-state index contributed by atoms with van der Waals surface area (Å²) in [6, 6.07) is 13.5. The van der Waals surface area contributed by atoms with Crippen LogP contribution < -0.4 is 20.7 Å². The molecule has 3 N–H and O–H groups in total. The van der Waals surface area contributed by atoms with Crippen molar-refractivity contribution in [1.82, 2.24) is 20.2 Å². The number of nitrogens with one attached hydrogen (secondary N) is 3. The third-order valence-corrected chi connectivity index (χ3v) is 5.24. The van der Waals surface area contributed by atoms with Crippen LogP contribution in [0.4, 0.5) is 5.95 Å². The smallest absolute Gasteiger partial charge is 0.251 e. The lowest BCUT2D eigenvalue weighted by atomic mass is 10.00. The van der Waals surface area contributed by atoms with Gasteiger partial charge in [-0.3, -0.25) is 4.79 Å². The number of hydrogen-bond donors (Lipinski definition) is 3. The summed E-state index contributed by atoms with van der Waals surface area (Å²) in [7, 11) is 1.96. The summed E-state index contributed by atoms with van der Waals surface area (Å²) in [4.78, 5) is 17.6. The molecule has 1 aromatic heterocycles. The van der Waals surface area contributed by atoms with Crippen LogP contribution in [0.5, 0.6) is 5.75 Å². The number of aromatic nitrogens is 2. The number of anilines is 1. The van der Waals surface area contributed by atoms with E-state index < -0.39 is 0 Å². The number of rotatable bonds is 7. The molecular weight excluding hydrogens is 366 g/mol. The summed E-state index contributed by atoms with van der Waals surface area (Å²) in [6.07, 6.45) is 0.760. The Balaban J connectivity index is 1.51. The Morgan fingerprint density at radius 1 is 1.24 bits per heavy atom. The predicted molar refractivity (Wildman–Crippen MR) is 115 cm³/mol. The number of hydrogen-bond acceptors (Lipinski definition) is 5. The van der Waals surface area contributed by atoms with Crippen LogP contribution in [0.25, 0.3) is 11.0 Å². The van der Waals surface area contributed by atoms with E-state index in [4.69, 9.17) is 4.74 Å². The standard InChI is InChI=1S/C22H27N5O2/c1-3-23-11-12-24-22-26-18-9-8-15(14-19(18)27(22)2)21(28)25-17-10-13-29-20-7-5-4-6-16(17)20/h4-9,14,17,23H,3,10-13H2,1-2H3,(H,24,26)(H,25,28). The van der Waals surface area contributed by atoms with Gasteiger partial charge in [0.15, 0.2) is 0 Å². The first-order valence-electron chi connectivity index (χ1n) is 10.1. The summed E-state index contributed by atoms with van der Waals surface area (Å²) < 4.78 is 7.68. The van der Waals surface area contributed by atoms with Crippen molar-refractivity contribution in [2.45, 2.75) is 19.4 Å². The molecule has 0 saturated heterocycles. The molecule has 0 fully saturated rings. The lowest BCUT2D eigenvalue weighted by Gasteiger charge is -2.26. The van der Waals surface area contributed by atoms with Crippen LogP contribution in [0, 0.1) is 0 Å². The van der Waals surface area contributed by atoms with Gasteiger partial charge in [-0.05, 0) is 30.8 Å². The van der Waals surface area contributed by atoms with Gasteiger partial charge < -0.3 is 25.3 Å². The van der Waals surface area contributed by atoms with E-state index >= 15 is 0 Å². The van der Waals surface area contributed by atoms with Crippen molar-refractivity contribution in [3.8, 4) is 5.75 Å². The topological polar surface area (TPSA) is 80.2 Å². The number of fused-ring (bicyclic) bond motifs is 2. The number of benzene rings is 2. The predicted octanol–water partition coefficient (Wildman–Crippen LogP) is 2.85. The van der Waals surface area contributed by atoms with Crippen LogP contribution in [0.2, 0.25) is 0 Å². The number of para-hydroxylation sites is 1. The van der Waals surface area contributed by atoms with Crippen LogP contribution in [0.3, 0.4) is 0 Å². The molecule has 0 bridgehead atoms. The largest absolute Gasteiger partial charge is 0.493 e. The quantitative estimate of drug-likeness (QED) is 0.538. The number of likely N-dealkylation sites (N-methyl/N-ethyl adjacent to an activating group) is 1. The maximum atomic E-state index is 12.9. The van der Waals surface area contributed by atoms with E-state index in [1.54, 1.807) is 0 Å². The molecule has 7 nitrogen and oxygen atoms in total. The number of carbonyl (C=O) groups is 1. The van der Waals surface area contributed by atoms with Gasteiger partial charge in [0, 0.05) is 37.7 Å². The summed E-state index contributed by atoms with van der Waals surface area (Å²) in [5.74, 6) is 1.56. The summed E-state index contributed by atoms with van der Waals surface area (Å²) in [5.41, 5.74) is 3.45. The van der Waals surface area contributed by atoms with Gasteiger partial charge >= 0.3 is 0 Å². The second-order valence-electron chi connectivity index (χ2n) is 7.18. The lowest BCUT2D eigenvalue weighted by molar-refractivity contribution is 0.0925. The fraction of sp³-hybridized carbons (Fsp3) is 0.364. The number of nitrogens with zero attached hydrogens (tertiary/aromatic N) is 2. The third kappa shape index (κ3) is 4.05. The Kier molecular flexibility index (Phi) is 5.67. The molecule has 0 spiro atoms. The number of aryl methyl sites for hydroxylation is 1. The van der Waals surface area contributed by atoms with Crippen molar-refractivity contribution in [3.63, 3.8) is 0 Å². The molecule has 7 heteroatoms. The molecule has 2 heterocycles. The lowest BCUT2D eigenvalue weighted by Crippen LogP contribution is -2.32. The Morgan fingerprint density at radius 2 is 2.10 bits per heavy atom. The Hall–Kier alpha value is -3.06. The molecule has 1 aliphatic heterocycles. The van der Waals surface area contributed by atoms with Gasteiger partial charge in [0.25, 0.3) is 5.91 Å². The Bertz CT molecular complexity index is 1010. The molecule has 2 aromatic carbocycles. The van der Waals surface area contributed by atoms with Crippen LogP contribution in [-0.4, -0.2) is 41.7 Å². The van der Waals surface area contributed by atoms with Gasteiger partial charge in [-0.15, -0.1) is 0 Å². The van der Waals surface area contributed by atoms with Crippen LogP contribution in [0.1, 0.15) is 35.3 Å². The van der Waals surface area contributed by atoms with E-state index in [9.17, 15) is 4.79 Å². The summed E-state index contributed by atoms with van der Waals surface area (Å²) in [5, 5.41) is 9.78. The second kappa shape index (κ2) is 8.53. The fourth-order valence-corrected chi connectivity index (χ4v) is 3.66. The molecule has 1 aliphatic rings. The first-order chi connectivity index (χ1) is 14.2. The van der Waals surface area contributed by atoms with E-state index in [2.05, 4.69) is 27.9 Å². The number of imidazole rings is 1. The third-order valence-electron chi connectivity index (χ3n) is 5.24. The first kappa shape index (κ1) is 19.3. The van der Waals surface area contributed by atoms with E-state index in [0.29, 0.717) is 12.2 Å². The Morgan fingerprint density at radius 3 is 2.97 bits per heavy atom. The molecule has 0 radical (unpaired) electrons. The zero-order valence-corrected chi connectivity index (χ0v) is 16.9. The fourth-order valence-electron chi connectivity index (χ4n) is 3.66. The maximum Gasteiger partial charge on any atom is 0.251 e. The van der Waals surface area contributed by atoms with Crippen molar-refractivity contribution in [1.29, 1.82) is 0 Å². The van der Waals surface area contributed by atoms with E-state index in [1.165, 1.54) is 0 Å². The second-order valence-corrected chi connectivity index (χ2v) is 7.18. The summed E-state index contributed by atoms with van der Waals surface area (Å²) >= 11 is 0. The molecule has 3 aromatic rings. The van der Waals surface area contributed by atoms with Crippen LogP contribution in [0.15, 0.2) is 42.5 Å². The van der Waals surface area contributed by atoms with Gasteiger partial charge in [0.2, 0.25) is 5.95 Å². The molecule has 29 heavy (non-hydrogen) atoms. The molecule has 1 atom stereocenters. The Labute approximate surface area is 170 Å². The van der Waals surface area contributed by atoms with E-state index in [0.717, 1.165) is 54.3 Å². The number of ether oxygens (including phenoxy) is 1. The molecule has 0 saturated carbocycles. The van der Waals surface area contributed by atoms with Crippen molar-refractivity contribution >= 4 is 22.9 Å². The molecular formula is C22H27N5O2. The maximum absolute atomic E-state index is 12.9. The van der Waals surface area contributed by atoms with Gasteiger partial charge in [-0.2, -0.15) is 0 Å². The van der Waals surface area contributed by atoms with E-state index in [1.807, 2.05) is 54.1 Å². The molecule has 4 rings (SSSR count). The highest BCUT2D eigenvalue weighted by molar-refractivity contribution is 5.98. The minimum absolute atomic E-state index is 0.0435. The van der Waals surface area contributed by atoms with Crippen molar-refractivity contribution in [2.24, 2.45) is 7.05 Å². The SMILES string of the molecule is CCNCCNc1nc2ccc(C(=O)NC3CCOc4ccccc43)cc2n1C. The molecule has 1 unspecified atom stereocenters. The van der Waals surface area contributed by atoms with Gasteiger partial charge in [0.1, 0.15) is 5.75 Å². The van der Waals surface area contributed by atoms with Crippen molar-refractivity contribution in [3.05, 3.63) is 53.6 Å². The van der Waals surface area contributed by atoms with Crippen LogP contribution in [-0.2, 0) is 7.05 Å². The van der Waals surface area contributed by atoms with Crippen molar-refractivity contribution in [2.75, 3.05) is 31.6 Å². The average molecular weight is 393 g/mol. The zero-order valence-electron chi connectivity index (χ0n) is 16.9. The monoisotopic (exact) mass is 393 g/mol. The van der Waals surface area contributed by atoms with Gasteiger partial charge in [0.05, 0.1) is 23.7 Å². The van der Waals surface area contributed by atoms with E-state index in [-0.39, 0.29) is 11.9 Å². The van der Waals surface area contributed by atoms with Gasteiger partial charge in [-0.25, -0.2) is 4.98 Å². The highest BCUT2D eigenvalue weighted by Crippen LogP contribution is 2.31. The highest BCUT2D eigenvalue weighted by atomic mass is 16.5. The summed E-state index contributed by atoms with van der Waals surface area (Å²) in [6.45, 7) is 5.30. The minimum atomic E-state index is -0.0866. The molecule has 152 valence electrons. The number of amides is 1. The van der Waals surface area contributed by atoms with Gasteiger partial charge in [-0.1, -0.05) is 25.1 Å². The molecule has 0 aliphatic carbocycles. The highest BCUT2D eigenvalue weighted by Gasteiger charge is 2.23. The average Bonchev–Trinajstić information content (AvgIpc) is 3.06.